The molecule has 8 nitrogen and oxygen atoms in total. The number of hydrogen-bond donors (Lipinski definition) is 1. The van der Waals surface area contributed by atoms with Crippen LogP contribution in [0.25, 0.3) is 0 Å². The first-order chi connectivity index (χ1) is 12.8. The zero-order valence-corrected chi connectivity index (χ0v) is 15.7. The lowest BCUT2D eigenvalue weighted by Gasteiger charge is -2.24. The van der Waals surface area contributed by atoms with Crippen LogP contribution in [0.3, 0.4) is 0 Å². The smallest absolute Gasteiger partial charge is 0.323 e. The molecule has 9 heteroatoms. The van der Waals surface area contributed by atoms with Gasteiger partial charge in [-0.3, -0.25) is 14.6 Å². The van der Waals surface area contributed by atoms with Gasteiger partial charge in [0, 0.05) is 26.0 Å². The first-order valence-electron chi connectivity index (χ1n) is 8.20. The normalized spacial score (nSPS) is 11.3. The van der Waals surface area contributed by atoms with E-state index in [1.165, 1.54) is 31.6 Å². The molecule has 0 bridgehead atoms. The Morgan fingerprint density at radius 3 is 2.37 bits per heavy atom. The fraction of sp³-hybridized carbons (Fsp3) is 0.278. The molecule has 1 aromatic carbocycles. The van der Waals surface area contributed by atoms with Crippen LogP contribution in [0.15, 0.2) is 59.8 Å². The number of likely N-dealkylation sites (N-methyl/N-ethyl adjacent to an activating group) is 1. The maximum absolute atomic E-state index is 12.5. The number of carbonyl (C=O) groups excluding carboxylic acids is 1. The van der Waals surface area contributed by atoms with Crippen molar-refractivity contribution < 1.29 is 23.1 Å². The predicted molar refractivity (Wildman–Crippen MR) is 98.4 cm³/mol. The molecule has 0 radical (unpaired) electrons. The monoisotopic (exact) mass is 391 g/mol. The van der Waals surface area contributed by atoms with Gasteiger partial charge in [-0.15, -0.1) is 0 Å². The molecule has 2 aromatic rings. The lowest BCUT2D eigenvalue weighted by atomic mass is 10.1. The van der Waals surface area contributed by atoms with Gasteiger partial charge in [-0.2, -0.15) is 4.31 Å². The minimum atomic E-state index is -3.89. The number of sulfonamides is 1. The standard InChI is InChI=1S/C18H21N3O5S/c1-20(27(25,26)16-8-5-10-19-12-16)13-17(22)21(14-18(23)24)11-9-15-6-3-2-4-7-15/h2-8,10,12H,9,11,13-14H2,1H3,(H,23,24). The van der Waals surface area contributed by atoms with Gasteiger partial charge in [-0.05, 0) is 24.1 Å². The third-order valence-corrected chi connectivity index (χ3v) is 5.68. The average Bonchev–Trinajstić information content (AvgIpc) is 2.66. The molecular formula is C18H21N3O5S. The van der Waals surface area contributed by atoms with Crippen LogP contribution in [0.5, 0.6) is 0 Å². The van der Waals surface area contributed by atoms with Crippen LogP contribution >= 0.6 is 0 Å². The lowest BCUT2D eigenvalue weighted by molar-refractivity contribution is -0.144. The Balaban J connectivity index is 2.07. The van der Waals surface area contributed by atoms with Crippen molar-refractivity contribution in [2.75, 3.05) is 26.7 Å². The summed E-state index contributed by atoms with van der Waals surface area (Å²) < 4.78 is 25.9. The summed E-state index contributed by atoms with van der Waals surface area (Å²) in [7, 11) is -2.61. The first-order valence-corrected chi connectivity index (χ1v) is 9.64. The number of aromatic nitrogens is 1. The second-order valence-electron chi connectivity index (χ2n) is 5.89. The SMILES string of the molecule is CN(CC(=O)N(CCc1ccccc1)CC(=O)O)S(=O)(=O)c1cccnc1. The van der Waals surface area contributed by atoms with Gasteiger partial charge in [0.25, 0.3) is 0 Å². The predicted octanol–water partition coefficient (Wildman–Crippen LogP) is 0.858. The summed E-state index contributed by atoms with van der Waals surface area (Å²) in [4.78, 5) is 28.5. The fourth-order valence-corrected chi connectivity index (χ4v) is 3.50. The topological polar surface area (TPSA) is 108 Å². The number of rotatable bonds is 9. The first kappa shape index (κ1) is 20.5. The molecule has 1 aromatic heterocycles. The molecule has 0 aliphatic carbocycles. The number of carboxylic acids is 1. The van der Waals surface area contributed by atoms with Crippen LogP contribution < -0.4 is 0 Å². The van der Waals surface area contributed by atoms with Gasteiger partial charge in [0.15, 0.2) is 0 Å². The number of carboxylic acid groups (broad SMARTS) is 1. The summed E-state index contributed by atoms with van der Waals surface area (Å²) in [5.41, 5.74) is 0.956. The van der Waals surface area contributed by atoms with Gasteiger partial charge >= 0.3 is 5.97 Å². The van der Waals surface area contributed by atoms with E-state index in [0.29, 0.717) is 6.42 Å². The lowest BCUT2D eigenvalue weighted by Crippen LogP contribution is -2.44. The summed E-state index contributed by atoms with van der Waals surface area (Å²) in [6.07, 6.45) is 3.11. The fourth-order valence-electron chi connectivity index (χ4n) is 2.42. The average molecular weight is 391 g/mol. The highest BCUT2D eigenvalue weighted by Gasteiger charge is 2.26. The van der Waals surface area contributed by atoms with Crippen molar-refractivity contribution in [3.8, 4) is 0 Å². The molecule has 0 saturated heterocycles. The number of benzene rings is 1. The Kier molecular flexibility index (Phi) is 7.03. The molecule has 27 heavy (non-hydrogen) atoms. The highest BCUT2D eigenvalue weighted by atomic mass is 32.2. The molecule has 1 heterocycles. The van der Waals surface area contributed by atoms with E-state index in [4.69, 9.17) is 5.11 Å². The molecule has 0 saturated carbocycles. The maximum Gasteiger partial charge on any atom is 0.323 e. The van der Waals surface area contributed by atoms with Crippen molar-refractivity contribution in [2.24, 2.45) is 0 Å². The van der Waals surface area contributed by atoms with Gasteiger partial charge in [0.2, 0.25) is 15.9 Å². The van der Waals surface area contributed by atoms with Gasteiger partial charge in [0.05, 0.1) is 6.54 Å². The summed E-state index contributed by atoms with van der Waals surface area (Å²) in [5, 5.41) is 9.07. The third kappa shape index (κ3) is 5.87. The van der Waals surface area contributed by atoms with Crippen LogP contribution in [0.4, 0.5) is 0 Å². The minimum Gasteiger partial charge on any atom is -0.480 e. The van der Waals surface area contributed by atoms with E-state index < -0.39 is 35.0 Å². The summed E-state index contributed by atoms with van der Waals surface area (Å²) in [5.74, 6) is -1.74. The van der Waals surface area contributed by atoms with E-state index in [0.717, 1.165) is 14.8 Å². The van der Waals surface area contributed by atoms with E-state index in [9.17, 15) is 18.0 Å². The number of carbonyl (C=O) groups is 2. The largest absolute Gasteiger partial charge is 0.480 e. The van der Waals surface area contributed by atoms with Crippen LogP contribution in [0.2, 0.25) is 0 Å². The van der Waals surface area contributed by atoms with Crippen LogP contribution in [-0.4, -0.2) is 66.3 Å². The van der Waals surface area contributed by atoms with E-state index in [1.807, 2.05) is 30.3 Å². The van der Waals surface area contributed by atoms with Gasteiger partial charge < -0.3 is 10.0 Å². The second kappa shape index (κ2) is 9.24. The maximum atomic E-state index is 12.5. The minimum absolute atomic E-state index is 0.0330. The number of amides is 1. The van der Waals surface area contributed by atoms with Crippen molar-refractivity contribution in [2.45, 2.75) is 11.3 Å². The summed E-state index contributed by atoms with van der Waals surface area (Å²) in [6.45, 7) is -0.776. The number of aliphatic carboxylic acids is 1. The van der Waals surface area contributed by atoms with Gasteiger partial charge in [-0.25, -0.2) is 8.42 Å². The molecular weight excluding hydrogens is 370 g/mol. The Bertz CT molecular complexity index is 872. The highest BCUT2D eigenvalue weighted by molar-refractivity contribution is 7.89. The van der Waals surface area contributed by atoms with Crippen LogP contribution in [0, 0.1) is 0 Å². The van der Waals surface area contributed by atoms with E-state index in [2.05, 4.69) is 4.98 Å². The zero-order chi connectivity index (χ0) is 19.9. The van der Waals surface area contributed by atoms with E-state index in [1.54, 1.807) is 0 Å². The van der Waals surface area contributed by atoms with Crippen molar-refractivity contribution in [3.05, 3.63) is 60.4 Å². The Morgan fingerprint density at radius 2 is 1.78 bits per heavy atom. The number of nitrogens with zero attached hydrogens (tertiary/aromatic N) is 3. The molecule has 1 amide bonds. The van der Waals surface area contributed by atoms with Crippen molar-refractivity contribution in [1.82, 2.24) is 14.2 Å². The Morgan fingerprint density at radius 1 is 1.07 bits per heavy atom. The highest BCUT2D eigenvalue weighted by Crippen LogP contribution is 2.12. The quantitative estimate of drug-likeness (QED) is 0.679. The molecule has 0 spiro atoms. The summed E-state index contributed by atoms with van der Waals surface area (Å²) in [6, 6.07) is 12.2. The molecule has 0 atom stereocenters. The number of hydrogen-bond acceptors (Lipinski definition) is 5. The van der Waals surface area contributed by atoms with Crippen molar-refractivity contribution in [3.63, 3.8) is 0 Å². The molecule has 0 fully saturated rings. The van der Waals surface area contributed by atoms with Gasteiger partial charge in [0.1, 0.15) is 11.4 Å². The molecule has 0 aliphatic rings. The molecule has 0 aliphatic heterocycles. The van der Waals surface area contributed by atoms with Crippen molar-refractivity contribution >= 4 is 21.9 Å². The summed E-state index contributed by atoms with van der Waals surface area (Å²) >= 11 is 0. The Hall–Kier alpha value is -2.78. The Labute approximate surface area is 158 Å². The molecule has 1 N–H and O–H groups in total. The molecule has 0 unspecified atom stereocenters. The number of pyridine rings is 1. The molecule has 144 valence electrons. The zero-order valence-electron chi connectivity index (χ0n) is 14.9. The second-order valence-corrected chi connectivity index (χ2v) is 7.94. The van der Waals surface area contributed by atoms with E-state index in [-0.39, 0.29) is 11.4 Å². The van der Waals surface area contributed by atoms with Crippen LogP contribution in [-0.2, 0) is 26.0 Å². The molecule has 2 rings (SSSR count). The van der Waals surface area contributed by atoms with Gasteiger partial charge in [-0.1, -0.05) is 30.3 Å². The van der Waals surface area contributed by atoms with Crippen molar-refractivity contribution in [1.29, 1.82) is 0 Å². The van der Waals surface area contributed by atoms with E-state index >= 15 is 0 Å². The third-order valence-electron chi connectivity index (χ3n) is 3.89. The van der Waals surface area contributed by atoms with Crippen LogP contribution in [0.1, 0.15) is 5.56 Å².